The number of aromatic hydroxyl groups is 1. The number of benzene rings is 1. The average molecular weight is 290 g/mol. The number of phenolic OH excluding ortho intramolecular Hbond substituents is 1. The molecule has 0 heterocycles. The van der Waals surface area contributed by atoms with E-state index in [2.05, 4.69) is 0 Å². The lowest BCUT2D eigenvalue weighted by Crippen LogP contribution is -2.34. The standard InChI is InChI=1S/C18H26O3/c1-20-18-11-15(19)9-10-17(18)21-12-14-7-4-6-13-5-2-3-8-16(13)14/h9-11,13-14,16,19H,2-8,12H2,1H3. The topological polar surface area (TPSA) is 38.7 Å². The van der Waals surface area contributed by atoms with Crippen molar-refractivity contribution in [1.29, 1.82) is 0 Å². The molecule has 0 bridgehead atoms. The average Bonchev–Trinajstić information content (AvgIpc) is 2.53. The molecule has 1 aromatic carbocycles. The molecule has 1 N–H and O–H groups in total. The third kappa shape index (κ3) is 3.28. The lowest BCUT2D eigenvalue weighted by molar-refractivity contribution is 0.0671. The summed E-state index contributed by atoms with van der Waals surface area (Å²) in [4.78, 5) is 0. The van der Waals surface area contributed by atoms with Crippen LogP contribution >= 0.6 is 0 Å². The Morgan fingerprint density at radius 3 is 2.71 bits per heavy atom. The molecule has 0 saturated heterocycles. The molecule has 3 heteroatoms. The number of hydrogen-bond acceptors (Lipinski definition) is 3. The predicted octanol–water partition coefficient (Wildman–Crippen LogP) is 4.39. The van der Waals surface area contributed by atoms with Crippen LogP contribution in [0.15, 0.2) is 18.2 Å². The normalized spacial score (nSPS) is 28.7. The molecular formula is C18H26O3. The van der Waals surface area contributed by atoms with E-state index >= 15 is 0 Å². The van der Waals surface area contributed by atoms with E-state index in [0.29, 0.717) is 11.7 Å². The molecule has 2 aliphatic rings. The first-order valence-corrected chi connectivity index (χ1v) is 8.27. The van der Waals surface area contributed by atoms with Crippen LogP contribution in [0.4, 0.5) is 0 Å². The van der Waals surface area contributed by atoms with Crippen molar-refractivity contribution in [2.75, 3.05) is 13.7 Å². The summed E-state index contributed by atoms with van der Waals surface area (Å²) in [6, 6.07) is 5.07. The molecule has 3 unspecified atom stereocenters. The summed E-state index contributed by atoms with van der Waals surface area (Å²) in [6.07, 6.45) is 9.67. The summed E-state index contributed by atoms with van der Waals surface area (Å²) in [5, 5.41) is 9.50. The van der Waals surface area contributed by atoms with Crippen LogP contribution in [0.1, 0.15) is 44.9 Å². The molecule has 2 fully saturated rings. The smallest absolute Gasteiger partial charge is 0.164 e. The summed E-state index contributed by atoms with van der Waals surface area (Å²) in [5.74, 6) is 4.05. The minimum Gasteiger partial charge on any atom is -0.508 e. The van der Waals surface area contributed by atoms with Gasteiger partial charge in [-0.3, -0.25) is 0 Å². The van der Waals surface area contributed by atoms with Crippen LogP contribution < -0.4 is 9.47 Å². The van der Waals surface area contributed by atoms with Gasteiger partial charge < -0.3 is 14.6 Å². The SMILES string of the molecule is COc1cc(O)ccc1OCC1CCCC2CCCCC21. The van der Waals surface area contributed by atoms with E-state index in [1.807, 2.05) is 0 Å². The van der Waals surface area contributed by atoms with Crippen molar-refractivity contribution in [3.05, 3.63) is 18.2 Å². The molecule has 21 heavy (non-hydrogen) atoms. The van der Waals surface area contributed by atoms with Gasteiger partial charge in [-0.1, -0.05) is 32.1 Å². The Morgan fingerprint density at radius 1 is 1.05 bits per heavy atom. The largest absolute Gasteiger partial charge is 0.508 e. The van der Waals surface area contributed by atoms with Gasteiger partial charge in [-0.05, 0) is 42.7 Å². The van der Waals surface area contributed by atoms with Gasteiger partial charge >= 0.3 is 0 Å². The monoisotopic (exact) mass is 290 g/mol. The Kier molecular flexibility index (Phi) is 4.57. The third-order valence-electron chi connectivity index (χ3n) is 5.32. The first kappa shape index (κ1) is 14.6. The Balaban J connectivity index is 1.64. The molecule has 0 aromatic heterocycles. The lowest BCUT2D eigenvalue weighted by atomic mass is 9.66. The molecule has 116 valence electrons. The van der Waals surface area contributed by atoms with Gasteiger partial charge in [-0.2, -0.15) is 0 Å². The summed E-state index contributed by atoms with van der Waals surface area (Å²) in [6.45, 7) is 0.780. The van der Waals surface area contributed by atoms with Crippen molar-refractivity contribution >= 4 is 0 Å². The van der Waals surface area contributed by atoms with Crippen LogP contribution in [0.3, 0.4) is 0 Å². The van der Waals surface area contributed by atoms with Gasteiger partial charge in [0.15, 0.2) is 11.5 Å². The second-order valence-electron chi connectivity index (χ2n) is 6.55. The van der Waals surface area contributed by atoms with Gasteiger partial charge in [0.2, 0.25) is 0 Å². The van der Waals surface area contributed by atoms with E-state index in [9.17, 15) is 5.11 Å². The molecule has 3 nitrogen and oxygen atoms in total. The molecule has 0 spiro atoms. The van der Waals surface area contributed by atoms with E-state index in [-0.39, 0.29) is 5.75 Å². The second kappa shape index (κ2) is 6.59. The fraction of sp³-hybridized carbons (Fsp3) is 0.667. The van der Waals surface area contributed by atoms with Crippen molar-refractivity contribution in [3.63, 3.8) is 0 Å². The van der Waals surface area contributed by atoms with Crippen molar-refractivity contribution in [1.82, 2.24) is 0 Å². The van der Waals surface area contributed by atoms with Crippen molar-refractivity contribution < 1.29 is 14.6 Å². The van der Waals surface area contributed by atoms with Crippen LogP contribution in [0, 0.1) is 17.8 Å². The van der Waals surface area contributed by atoms with Gasteiger partial charge in [0, 0.05) is 6.07 Å². The van der Waals surface area contributed by atoms with Gasteiger partial charge in [-0.25, -0.2) is 0 Å². The first-order valence-electron chi connectivity index (χ1n) is 8.27. The van der Waals surface area contributed by atoms with Crippen LogP contribution in [-0.4, -0.2) is 18.8 Å². The lowest BCUT2D eigenvalue weighted by Gasteiger charge is -2.41. The second-order valence-corrected chi connectivity index (χ2v) is 6.55. The molecule has 2 saturated carbocycles. The number of fused-ring (bicyclic) bond motifs is 1. The van der Waals surface area contributed by atoms with Crippen molar-refractivity contribution in [3.8, 4) is 17.2 Å². The Morgan fingerprint density at radius 2 is 1.86 bits per heavy atom. The Bertz CT molecular complexity index is 470. The first-order chi connectivity index (χ1) is 10.3. The number of hydrogen-bond donors (Lipinski definition) is 1. The quantitative estimate of drug-likeness (QED) is 0.894. The highest BCUT2D eigenvalue weighted by atomic mass is 16.5. The molecule has 0 aliphatic heterocycles. The zero-order chi connectivity index (χ0) is 14.7. The van der Waals surface area contributed by atoms with Crippen LogP contribution in [0.25, 0.3) is 0 Å². The van der Waals surface area contributed by atoms with E-state index in [0.717, 1.165) is 24.2 Å². The van der Waals surface area contributed by atoms with E-state index in [4.69, 9.17) is 9.47 Å². The fourth-order valence-electron chi connectivity index (χ4n) is 4.25. The maximum absolute atomic E-state index is 9.50. The highest BCUT2D eigenvalue weighted by Crippen LogP contribution is 2.44. The number of methoxy groups -OCH3 is 1. The Hall–Kier alpha value is -1.38. The number of phenols is 1. The molecule has 1 aromatic rings. The zero-order valence-electron chi connectivity index (χ0n) is 12.9. The van der Waals surface area contributed by atoms with E-state index in [1.165, 1.54) is 44.9 Å². The number of ether oxygens (including phenoxy) is 2. The fourth-order valence-corrected chi connectivity index (χ4v) is 4.25. The van der Waals surface area contributed by atoms with Crippen molar-refractivity contribution in [2.24, 2.45) is 17.8 Å². The predicted molar refractivity (Wildman–Crippen MR) is 82.9 cm³/mol. The minimum absolute atomic E-state index is 0.212. The minimum atomic E-state index is 0.212. The van der Waals surface area contributed by atoms with Crippen LogP contribution in [-0.2, 0) is 0 Å². The van der Waals surface area contributed by atoms with Crippen LogP contribution in [0.5, 0.6) is 17.2 Å². The highest BCUT2D eigenvalue weighted by molar-refractivity contribution is 5.44. The van der Waals surface area contributed by atoms with Gasteiger partial charge in [0.25, 0.3) is 0 Å². The molecule has 3 rings (SSSR count). The number of rotatable bonds is 4. The Labute approximate surface area is 127 Å². The summed E-state index contributed by atoms with van der Waals surface area (Å²) in [5.41, 5.74) is 0. The molecule has 3 atom stereocenters. The van der Waals surface area contributed by atoms with E-state index < -0.39 is 0 Å². The van der Waals surface area contributed by atoms with Gasteiger partial charge in [-0.15, -0.1) is 0 Å². The molecule has 0 radical (unpaired) electrons. The van der Waals surface area contributed by atoms with Gasteiger partial charge in [0.1, 0.15) is 5.75 Å². The molecule has 0 amide bonds. The summed E-state index contributed by atoms with van der Waals surface area (Å²) >= 11 is 0. The van der Waals surface area contributed by atoms with Crippen LogP contribution in [0.2, 0.25) is 0 Å². The zero-order valence-corrected chi connectivity index (χ0v) is 12.9. The molecular weight excluding hydrogens is 264 g/mol. The molecule has 2 aliphatic carbocycles. The maximum Gasteiger partial charge on any atom is 0.164 e. The highest BCUT2D eigenvalue weighted by Gasteiger charge is 2.35. The van der Waals surface area contributed by atoms with Gasteiger partial charge in [0.05, 0.1) is 13.7 Å². The maximum atomic E-state index is 9.50. The summed E-state index contributed by atoms with van der Waals surface area (Å²) in [7, 11) is 1.61. The summed E-state index contributed by atoms with van der Waals surface area (Å²) < 4.78 is 11.3. The van der Waals surface area contributed by atoms with Crippen molar-refractivity contribution in [2.45, 2.75) is 44.9 Å². The van der Waals surface area contributed by atoms with E-state index in [1.54, 1.807) is 25.3 Å². The third-order valence-corrected chi connectivity index (χ3v) is 5.32.